The van der Waals surface area contributed by atoms with Crippen molar-refractivity contribution < 1.29 is 16.8 Å². The molecule has 12 heteroatoms. The molecule has 2 aromatic carbocycles. The van der Waals surface area contributed by atoms with Gasteiger partial charge in [0.25, 0.3) is 0 Å². The summed E-state index contributed by atoms with van der Waals surface area (Å²) in [4.78, 5) is 0.302. The van der Waals surface area contributed by atoms with E-state index in [9.17, 15) is 16.8 Å². The van der Waals surface area contributed by atoms with Crippen molar-refractivity contribution in [2.24, 2.45) is 0 Å². The highest BCUT2D eigenvalue weighted by molar-refractivity contribution is 9.11. The lowest BCUT2D eigenvalue weighted by molar-refractivity contribution is 0.404. The molecule has 6 nitrogen and oxygen atoms in total. The third-order valence-corrected chi connectivity index (χ3v) is 11.2. The van der Waals surface area contributed by atoms with E-state index < -0.39 is 20.0 Å². The molecule has 2 aromatic rings. The van der Waals surface area contributed by atoms with E-state index in [1.165, 1.54) is 20.7 Å². The van der Waals surface area contributed by atoms with Gasteiger partial charge in [-0.25, -0.2) is 16.8 Å². The van der Waals surface area contributed by atoms with Crippen molar-refractivity contribution in [1.29, 1.82) is 0 Å². The van der Waals surface area contributed by atoms with E-state index in [-0.39, 0.29) is 36.0 Å². The first-order valence-electron chi connectivity index (χ1n) is 8.44. The molecule has 1 aliphatic heterocycles. The molecule has 0 spiro atoms. The molecule has 0 atom stereocenters. The van der Waals surface area contributed by atoms with Crippen molar-refractivity contribution in [1.82, 2.24) is 8.61 Å². The summed E-state index contributed by atoms with van der Waals surface area (Å²) in [6.45, 7) is 0.637. The molecule has 1 aliphatic rings. The van der Waals surface area contributed by atoms with Crippen LogP contribution in [-0.2, 0) is 20.0 Å². The Morgan fingerprint density at radius 2 is 1.00 bits per heavy atom. The molecule has 0 radical (unpaired) electrons. The standard InChI is InChI=1S/C17H16Br4N2O4S2/c18-12-2-4-14(20)16(10-12)28(24,25)22-6-1-7-23(9-8-22)29(26,27)17-11-13(19)3-5-15(17)21/h2-5,10-11H,1,6-9H2. The van der Waals surface area contributed by atoms with Gasteiger partial charge < -0.3 is 0 Å². The molecule has 29 heavy (non-hydrogen) atoms. The van der Waals surface area contributed by atoms with Crippen molar-refractivity contribution in [3.8, 4) is 0 Å². The topological polar surface area (TPSA) is 74.8 Å². The van der Waals surface area contributed by atoms with Crippen LogP contribution in [0.3, 0.4) is 0 Å². The summed E-state index contributed by atoms with van der Waals surface area (Å²) in [5, 5.41) is 0. The SMILES string of the molecule is O=S(=O)(c1cc(Br)ccc1Br)N1CCCN(S(=O)(=O)c2cc(Br)ccc2Br)CC1. The lowest BCUT2D eigenvalue weighted by Gasteiger charge is -2.22. The fourth-order valence-corrected chi connectivity index (χ4v) is 8.84. The quantitative estimate of drug-likeness (QED) is 0.460. The monoisotopic (exact) mass is 692 g/mol. The van der Waals surface area contributed by atoms with E-state index in [1.807, 2.05) is 0 Å². The minimum absolute atomic E-state index is 0.0755. The summed E-state index contributed by atoms with van der Waals surface area (Å²) in [5.41, 5.74) is 0. The van der Waals surface area contributed by atoms with Crippen molar-refractivity contribution in [2.75, 3.05) is 26.2 Å². The first kappa shape index (κ1) is 23.8. The van der Waals surface area contributed by atoms with Gasteiger partial charge in [-0.3, -0.25) is 0 Å². The van der Waals surface area contributed by atoms with Crippen LogP contribution in [0.15, 0.2) is 64.1 Å². The number of rotatable bonds is 4. The molecule has 0 saturated carbocycles. The minimum atomic E-state index is -3.77. The van der Waals surface area contributed by atoms with Gasteiger partial charge in [0.15, 0.2) is 0 Å². The van der Waals surface area contributed by atoms with Crippen LogP contribution in [0, 0.1) is 0 Å². The van der Waals surface area contributed by atoms with Crippen LogP contribution in [0.2, 0.25) is 0 Å². The van der Waals surface area contributed by atoms with Crippen LogP contribution in [0.1, 0.15) is 6.42 Å². The van der Waals surface area contributed by atoms with Crippen molar-refractivity contribution in [3.63, 3.8) is 0 Å². The highest BCUT2D eigenvalue weighted by Gasteiger charge is 2.33. The molecule has 1 heterocycles. The predicted molar refractivity (Wildman–Crippen MR) is 126 cm³/mol. The Bertz CT molecular complexity index is 1050. The van der Waals surface area contributed by atoms with E-state index in [4.69, 9.17) is 0 Å². The van der Waals surface area contributed by atoms with Gasteiger partial charge in [-0.15, -0.1) is 0 Å². The van der Waals surface area contributed by atoms with Crippen LogP contribution in [0.4, 0.5) is 0 Å². The lowest BCUT2D eigenvalue weighted by Crippen LogP contribution is -2.37. The Morgan fingerprint density at radius 1 is 0.621 bits per heavy atom. The zero-order chi connectivity index (χ0) is 21.4. The smallest absolute Gasteiger partial charge is 0.207 e. The second kappa shape index (κ2) is 9.35. The fourth-order valence-electron chi connectivity index (χ4n) is 2.98. The van der Waals surface area contributed by atoms with Gasteiger partial charge in [0.1, 0.15) is 0 Å². The number of sulfonamides is 2. The molecule has 0 bridgehead atoms. The van der Waals surface area contributed by atoms with E-state index in [2.05, 4.69) is 63.7 Å². The van der Waals surface area contributed by atoms with Gasteiger partial charge in [0.2, 0.25) is 20.0 Å². The number of hydrogen-bond donors (Lipinski definition) is 0. The summed E-state index contributed by atoms with van der Waals surface area (Å²) in [7, 11) is -7.54. The van der Waals surface area contributed by atoms with Crippen LogP contribution in [0.5, 0.6) is 0 Å². The summed E-state index contributed by atoms with van der Waals surface area (Å²) < 4.78 is 57.4. The number of nitrogens with zero attached hydrogens (tertiary/aromatic N) is 2. The summed E-state index contributed by atoms with van der Waals surface area (Å²) in [5.74, 6) is 0. The van der Waals surface area contributed by atoms with Crippen molar-refractivity contribution >= 4 is 83.8 Å². The molecule has 0 amide bonds. The summed E-state index contributed by atoms with van der Waals surface area (Å²) >= 11 is 13.2. The molecule has 0 N–H and O–H groups in total. The third-order valence-electron chi connectivity index (χ3n) is 4.44. The maximum Gasteiger partial charge on any atom is 0.244 e. The number of halogens is 4. The summed E-state index contributed by atoms with van der Waals surface area (Å²) in [6.07, 6.45) is 0.399. The van der Waals surface area contributed by atoms with Gasteiger partial charge in [-0.2, -0.15) is 8.61 Å². The molecule has 158 valence electrons. The molecular formula is C17H16Br4N2O4S2. The highest BCUT2D eigenvalue weighted by Crippen LogP contribution is 2.31. The number of hydrogen-bond acceptors (Lipinski definition) is 4. The first-order chi connectivity index (χ1) is 13.5. The van der Waals surface area contributed by atoms with E-state index in [0.29, 0.717) is 24.3 Å². The molecular weight excluding hydrogens is 680 g/mol. The molecule has 0 aliphatic carbocycles. The average molecular weight is 696 g/mol. The van der Waals surface area contributed by atoms with Gasteiger partial charge in [0, 0.05) is 44.1 Å². The van der Waals surface area contributed by atoms with E-state index in [0.717, 1.165) is 0 Å². The highest BCUT2D eigenvalue weighted by atomic mass is 79.9. The molecule has 1 saturated heterocycles. The normalized spacial score (nSPS) is 17.2. The average Bonchev–Trinajstić information content (AvgIpc) is 2.93. The maximum absolute atomic E-state index is 13.1. The fraction of sp³-hybridized carbons (Fsp3) is 0.294. The van der Waals surface area contributed by atoms with Crippen LogP contribution < -0.4 is 0 Å². The lowest BCUT2D eigenvalue weighted by atomic mass is 10.4. The van der Waals surface area contributed by atoms with Gasteiger partial charge >= 0.3 is 0 Å². The molecule has 3 rings (SSSR count). The van der Waals surface area contributed by atoms with E-state index in [1.54, 1.807) is 24.3 Å². The second-order valence-electron chi connectivity index (χ2n) is 6.31. The second-order valence-corrected chi connectivity index (χ2v) is 13.7. The first-order valence-corrected chi connectivity index (χ1v) is 14.5. The van der Waals surface area contributed by atoms with Gasteiger partial charge in [-0.05, 0) is 74.7 Å². The van der Waals surface area contributed by atoms with Crippen LogP contribution in [0.25, 0.3) is 0 Å². The molecule has 1 fully saturated rings. The Balaban J connectivity index is 1.87. The molecule has 0 unspecified atom stereocenters. The van der Waals surface area contributed by atoms with Crippen molar-refractivity contribution in [3.05, 3.63) is 54.3 Å². The Labute approximate surface area is 204 Å². The van der Waals surface area contributed by atoms with Crippen LogP contribution >= 0.6 is 63.7 Å². The van der Waals surface area contributed by atoms with E-state index >= 15 is 0 Å². The predicted octanol–water partition coefficient (Wildman–Crippen LogP) is 4.82. The summed E-state index contributed by atoms with van der Waals surface area (Å²) in [6, 6.07) is 9.90. The Kier molecular flexibility index (Phi) is 7.69. The molecule has 0 aromatic heterocycles. The Hall–Kier alpha value is 0.180. The Morgan fingerprint density at radius 3 is 1.38 bits per heavy atom. The van der Waals surface area contributed by atoms with Crippen molar-refractivity contribution in [2.45, 2.75) is 16.2 Å². The van der Waals surface area contributed by atoms with Gasteiger partial charge in [-0.1, -0.05) is 31.9 Å². The third kappa shape index (κ3) is 5.16. The zero-order valence-corrected chi connectivity index (χ0v) is 22.8. The largest absolute Gasteiger partial charge is 0.244 e. The minimum Gasteiger partial charge on any atom is -0.207 e. The van der Waals surface area contributed by atoms with Crippen LogP contribution in [-0.4, -0.2) is 51.6 Å². The van der Waals surface area contributed by atoms with Gasteiger partial charge in [0.05, 0.1) is 9.79 Å². The number of benzene rings is 2. The maximum atomic E-state index is 13.1. The zero-order valence-electron chi connectivity index (χ0n) is 14.9.